The van der Waals surface area contributed by atoms with Crippen LogP contribution in [0.15, 0.2) is 12.1 Å². The standard InChI is InChI=1S/C10H8FNO/c1-6-3-4-8(7(2)13)10(11)9(6)5-12/h3-4H,1-2H3. The second kappa shape index (κ2) is 3.36. The molecule has 0 saturated carbocycles. The molecule has 1 aromatic rings. The van der Waals surface area contributed by atoms with Crippen molar-refractivity contribution in [2.45, 2.75) is 13.8 Å². The number of nitrogens with zero attached hydrogens (tertiary/aromatic N) is 1. The van der Waals surface area contributed by atoms with Gasteiger partial charge in [0.25, 0.3) is 0 Å². The van der Waals surface area contributed by atoms with Gasteiger partial charge in [0.05, 0.1) is 11.1 Å². The van der Waals surface area contributed by atoms with Crippen LogP contribution in [-0.2, 0) is 0 Å². The van der Waals surface area contributed by atoms with Crippen LogP contribution in [0.2, 0.25) is 0 Å². The Labute approximate surface area is 75.6 Å². The van der Waals surface area contributed by atoms with E-state index < -0.39 is 5.82 Å². The molecule has 0 radical (unpaired) electrons. The van der Waals surface area contributed by atoms with Gasteiger partial charge >= 0.3 is 0 Å². The van der Waals surface area contributed by atoms with Gasteiger partial charge in [0.15, 0.2) is 11.6 Å². The molecule has 3 heteroatoms. The first-order chi connectivity index (χ1) is 6.07. The molecule has 0 spiro atoms. The molecule has 0 aliphatic heterocycles. The highest BCUT2D eigenvalue weighted by molar-refractivity contribution is 5.94. The third-order valence-corrected chi connectivity index (χ3v) is 1.84. The van der Waals surface area contributed by atoms with E-state index in [9.17, 15) is 9.18 Å². The zero-order valence-corrected chi connectivity index (χ0v) is 7.39. The van der Waals surface area contributed by atoms with Crippen molar-refractivity contribution < 1.29 is 9.18 Å². The Kier molecular flexibility index (Phi) is 2.43. The maximum atomic E-state index is 13.3. The summed E-state index contributed by atoms with van der Waals surface area (Å²) in [4.78, 5) is 10.9. The number of rotatable bonds is 1. The van der Waals surface area contributed by atoms with Crippen molar-refractivity contribution in [3.05, 3.63) is 34.6 Å². The van der Waals surface area contributed by atoms with Crippen molar-refractivity contribution in [3.8, 4) is 6.07 Å². The molecule has 1 rings (SSSR count). The van der Waals surface area contributed by atoms with E-state index in [2.05, 4.69) is 0 Å². The van der Waals surface area contributed by atoms with Gasteiger partial charge in [0.2, 0.25) is 0 Å². The van der Waals surface area contributed by atoms with Crippen molar-refractivity contribution in [1.82, 2.24) is 0 Å². The van der Waals surface area contributed by atoms with Crippen LogP contribution in [0, 0.1) is 24.1 Å². The zero-order valence-electron chi connectivity index (χ0n) is 7.39. The number of benzene rings is 1. The van der Waals surface area contributed by atoms with Gasteiger partial charge in [-0.1, -0.05) is 6.07 Å². The van der Waals surface area contributed by atoms with E-state index in [4.69, 9.17) is 5.26 Å². The van der Waals surface area contributed by atoms with E-state index >= 15 is 0 Å². The van der Waals surface area contributed by atoms with Gasteiger partial charge in [-0.25, -0.2) is 4.39 Å². The first-order valence-corrected chi connectivity index (χ1v) is 3.78. The summed E-state index contributed by atoms with van der Waals surface area (Å²) >= 11 is 0. The predicted octanol–water partition coefficient (Wildman–Crippen LogP) is 2.21. The molecule has 0 heterocycles. The first kappa shape index (κ1) is 9.40. The van der Waals surface area contributed by atoms with Gasteiger partial charge in [0.1, 0.15) is 6.07 Å². The molecule has 66 valence electrons. The zero-order chi connectivity index (χ0) is 10.0. The monoisotopic (exact) mass is 177 g/mol. The Bertz CT molecular complexity index is 404. The molecule has 0 fully saturated rings. The molecule has 13 heavy (non-hydrogen) atoms. The lowest BCUT2D eigenvalue weighted by atomic mass is 10.0. The van der Waals surface area contributed by atoms with Gasteiger partial charge in [-0.15, -0.1) is 0 Å². The molecule has 0 unspecified atom stereocenters. The van der Waals surface area contributed by atoms with Crippen molar-refractivity contribution in [2.24, 2.45) is 0 Å². The Morgan fingerprint density at radius 1 is 1.54 bits per heavy atom. The minimum atomic E-state index is -0.713. The molecular formula is C10H8FNO. The summed E-state index contributed by atoms with van der Waals surface area (Å²) < 4.78 is 13.3. The summed E-state index contributed by atoms with van der Waals surface area (Å²) in [6, 6.07) is 4.70. The fraction of sp³-hybridized carbons (Fsp3) is 0.200. The highest BCUT2D eigenvalue weighted by Crippen LogP contribution is 2.16. The van der Waals surface area contributed by atoms with Crippen molar-refractivity contribution in [2.75, 3.05) is 0 Å². The SMILES string of the molecule is CC(=O)c1ccc(C)c(C#N)c1F. The predicted molar refractivity (Wildman–Crippen MR) is 45.9 cm³/mol. The number of nitriles is 1. The van der Waals surface area contributed by atoms with Gasteiger partial charge in [-0.2, -0.15) is 5.26 Å². The van der Waals surface area contributed by atoms with Crippen molar-refractivity contribution in [1.29, 1.82) is 5.26 Å². The van der Waals surface area contributed by atoms with E-state index in [1.807, 2.05) is 0 Å². The highest BCUT2D eigenvalue weighted by atomic mass is 19.1. The van der Waals surface area contributed by atoms with Crippen LogP contribution in [0.1, 0.15) is 28.4 Å². The Hall–Kier alpha value is -1.69. The number of Topliss-reactive ketones (excluding diaryl/α,β-unsaturated/α-hetero) is 1. The minimum absolute atomic E-state index is 0.0258. The third kappa shape index (κ3) is 1.57. The molecule has 0 amide bonds. The minimum Gasteiger partial charge on any atom is -0.294 e. The average Bonchev–Trinajstić information content (AvgIpc) is 2.04. The number of hydrogen-bond acceptors (Lipinski definition) is 2. The summed E-state index contributed by atoms with van der Waals surface area (Å²) in [6.07, 6.45) is 0. The van der Waals surface area contributed by atoms with Crippen LogP contribution in [0.3, 0.4) is 0 Å². The maximum Gasteiger partial charge on any atom is 0.162 e. The van der Waals surface area contributed by atoms with Crippen LogP contribution in [0.4, 0.5) is 4.39 Å². The quantitative estimate of drug-likeness (QED) is 0.617. The largest absolute Gasteiger partial charge is 0.294 e. The fourth-order valence-corrected chi connectivity index (χ4v) is 1.08. The van der Waals surface area contributed by atoms with Crippen LogP contribution in [-0.4, -0.2) is 5.78 Å². The lowest BCUT2D eigenvalue weighted by Crippen LogP contribution is -2.00. The van der Waals surface area contributed by atoms with Crippen LogP contribution in [0.5, 0.6) is 0 Å². The number of ketones is 1. The summed E-state index contributed by atoms with van der Waals surface area (Å²) in [6.45, 7) is 2.90. The van der Waals surface area contributed by atoms with Gasteiger partial charge in [0, 0.05) is 0 Å². The van der Waals surface area contributed by atoms with E-state index in [1.165, 1.54) is 13.0 Å². The first-order valence-electron chi connectivity index (χ1n) is 3.78. The highest BCUT2D eigenvalue weighted by Gasteiger charge is 2.13. The number of carbonyl (C=O) groups is 1. The lowest BCUT2D eigenvalue weighted by molar-refractivity contribution is 0.101. The van der Waals surface area contributed by atoms with Gasteiger partial charge in [-0.3, -0.25) is 4.79 Å². The van der Waals surface area contributed by atoms with Crippen LogP contribution in [0.25, 0.3) is 0 Å². The van der Waals surface area contributed by atoms with Crippen LogP contribution < -0.4 is 0 Å². The summed E-state index contributed by atoms with van der Waals surface area (Å²) in [5.41, 5.74) is 0.472. The molecule has 0 N–H and O–H groups in total. The fourth-order valence-electron chi connectivity index (χ4n) is 1.08. The Morgan fingerprint density at radius 2 is 2.15 bits per heavy atom. The Balaban J connectivity index is 3.47. The van der Waals surface area contributed by atoms with Gasteiger partial charge in [-0.05, 0) is 25.5 Å². The Morgan fingerprint density at radius 3 is 2.62 bits per heavy atom. The number of halogens is 1. The summed E-state index contributed by atoms with van der Waals surface area (Å²) in [5, 5.41) is 8.60. The number of hydrogen-bond donors (Lipinski definition) is 0. The average molecular weight is 177 g/mol. The maximum absolute atomic E-state index is 13.3. The molecule has 1 aromatic carbocycles. The second-order valence-electron chi connectivity index (χ2n) is 2.79. The molecule has 2 nitrogen and oxygen atoms in total. The lowest BCUT2D eigenvalue weighted by Gasteiger charge is -2.02. The van der Waals surface area contributed by atoms with E-state index in [-0.39, 0.29) is 16.9 Å². The molecule has 0 aromatic heterocycles. The van der Waals surface area contributed by atoms with Crippen molar-refractivity contribution in [3.63, 3.8) is 0 Å². The van der Waals surface area contributed by atoms with Gasteiger partial charge < -0.3 is 0 Å². The number of aryl methyl sites for hydroxylation is 1. The molecular weight excluding hydrogens is 169 g/mol. The van der Waals surface area contributed by atoms with Crippen LogP contribution >= 0.6 is 0 Å². The molecule has 0 aliphatic carbocycles. The molecule has 0 saturated heterocycles. The third-order valence-electron chi connectivity index (χ3n) is 1.84. The molecule has 0 aliphatic rings. The summed E-state index contributed by atoms with van der Waals surface area (Å²) in [5.74, 6) is -1.08. The molecule has 0 bridgehead atoms. The van der Waals surface area contributed by atoms with Crippen molar-refractivity contribution >= 4 is 5.78 Å². The number of carbonyl (C=O) groups excluding carboxylic acids is 1. The smallest absolute Gasteiger partial charge is 0.162 e. The second-order valence-corrected chi connectivity index (χ2v) is 2.79. The van der Waals surface area contributed by atoms with E-state index in [0.717, 1.165) is 0 Å². The van der Waals surface area contributed by atoms with E-state index in [0.29, 0.717) is 5.56 Å². The summed E-state index contributed by atoms with van der Waals surface area (Å²) in [7, 11) is 0. The normalized spacial score (nSPS) is 9.38. The topological polar surface area (TPSA) is 40.9 Å². The van der Waals surface area contributed by atoms with E-state index in [1.54, 1.807) is 19.1 Å². The molecule has 0 atom stereocenters.